The van der Waals surface area contributed by atoms with Gasteiger partial charge in [-0.05, 0) is 23.8 Å². The number of carbonyl (C=O) groups excluding carboxylic acids is 1. The Morgan fingerprint density at radius 3 is 2.74 bits per heavy atom. The van der Waals surface area contributed by atoms with Gasteiger partial charge >= 0.3 is 0 Å². The van der Waals surface area contributed by atoms with Crippen LogP contribution in [0.4, 0.5) is 4.39 Å². The number of primary amides is 1. The lowest BCUT2D eigenvalue weighted by Crippen LogP contribution is -2.26. The van der Waals surface area contributed by atoms with Crippen LogP contribution in [0.2, 0.25) is 5.02 Å². The molecule has 2 rings (SSSR count). The number of hydrogen-bond donors (Lipinski definition) is 1. The van der Waals surface area contributed by atoms with Crippen LogP contribution in [-0.2, 0) is 6.54 Å². The Kier molecular flexibility index (Phi) is 3.62. The van der Waals surface area contributed by atoms with Crippen molar-refractivity contribution in [3.63, 3.8) is 0 Å². The van der Waals surface area contributed by atoms with Gasteiger partial charge in [-0.25, -0.2) is 9.07 Å². The Morgan fingerprint density at radius 2 is 2.11 bits per heavy atom. The monoisotopic (exact) mass is 281 g/mol. The fourth-order valence-electron chi connectivity index (χ4n) is 1.50. The van der Waals surface area contributed by atoms with Gasteiger partial charge in [-0.1, -0.05) is 17.7 Å². The molecule has 0 aliphatic rings. The fraction of sp³-hybridized carbons (Fsp3) is 0.0833. The van der Waals surface area contributed by atoms with E-state index in [1.54, 1.807) is 0 Å². The molecule has 0 fully saturated rings. The number of amides is 1. The minimum Gasteiger partial charge on any atom is -0.364 e. The highest BCUT2D eigenvalue weighted by Gasteiger charge is 2.08. The van der Waals surface area contributed by atoms with E-state index in [1.165, 1.54) is 24.3 Å². The van der Waals surface area contributed by atoms with Gasteiger partial charge in [-0.15, -0.1) is 0 Å². The van der Waals surface area contributed by atoms with E-state index < -0.39 is 17.3 Å². The number of benzene rings is 1. The van der Waals surface area contributed by atoms with Crippen LogP contribution in [0.1, 0.15) is 16.1 Å². The van der Waals surface area contributed by atoms with Gasteiger partial charge < -0.3 is 5.73 Å². The van der Waals surface area contributed by atoms with E-state index in [2.05, 4.69) is 5.10 Å². The molecular formula is C12H9ClFN3O2. The first-order valence-corrected chi connectivity index (χ1v) is 5.67. The van der Waals surface area contributed by atoms with Crippen molar-refractivity contribution < 1.29 is 9.18 Å². The van der Waals surface area contributed by atoms with Crippen LogP contribution in [0.25, 0.3) is 0 Å². The normalized spacial score (nSPS) is 10.4. The Bertz CT molecular complexity index is 700. The number of halogens is 2. The number of hydrogen-bond acceptors (Lipinski definition) is 3. The summed E-state index contributed by atoms with van der Waals surface area (Å²) in [6.07, 6.45) is 0. The van der Waals surface area contributed by atoms with Crippen LogP contribution < -0.4 is 11.3 Å². The summed E-state index contributed by atoms with van der Waals surface area (Å²) in [6, 6.07) is 6.24. The molecule has 7 heteroatoms. The van der Waals surface area contributed by atoms with Crippen LogP contribution >= 0.6 is 11.6 Å². The molecular weight excluding hydrogens is 273 g/mol. The van der Waals surface area contributed by atoms with Gasteiger partial charge in [-0.3, -0.25) is 9.59 Å². The predicted octanol–water partition coefficient (Wildman–Crippen LogP) is 1.18. The largest absolute Gasteiger partial charge is 0.364 e. The first kappa shape index (κ1) is 13.2. The van der Waals surface area contributed by atoms with Crippen molar-refractivity contribution in [3.05, 3.63) is 62.8 Å². The highest BCUT2D eigenvalue weighted by atomic mass is 35.5. The Labute approximate surface area is 112 Å². The molecule has 0 radical (unpaired) electrons. The smallest absolute Gasteiger partial charge is 0.269 e. The lowest BCUT2D eigenvalue weighted by atomic mass is 10.2. The summed E-state index contributed by atoms with van der Waals surface area (Å²) in [7, 11) is 0. The van der Waals surface area contributed by atoms with E-state index in [4.69, 9.17) is 17.3 Å². The van der Waals surface area contributed by atoms with Gasteiger partial charge in [0.2, 0.25) is 0 Å². The molecule has 98 valence electrons. The first-order chi connectivity index (χ1) is 8.97. The summed E-state index contributed by atoms with van der Waals surface area (Å²) in [4.78, 5) is 22.6. The van der Waals surface area contributed by atoms with Gasteiger partial charge in [0.1, 0.15) is 11.5 Å². The molecule has 0 bridgehead atoms. The highest BCUT2D eigenvalue weighted by Crippen LogP contribution is 2.17. The zero-order valence-corrected chi connectivity index (χ0v) is 10.4. The molecule has 0 saturated carbocycles. The number of nitrogens with two attached hydrogens (primary N) is 1. The average molecular weight is 282 g/mol. The third-order valence-corrected chi connectivity index (χ3v) is 2.81. The molecule has 0 saturated heterocycles. The average Bonchev–Trinajstić information content (AvgIpc) is 2.34. The van der Waals surface area contributed by atoms with Gasteiger partial charge in [0, 0.05) is 11.1 Å². The van der Waals surface area contributed by atoms with Gasteiger partial charge in [0.15, 0.2) is 0 Å². The number of carbonyl (C=O) groups is 1. The molecule has 1 aromatic heterocycles. The van der Waals surface area contributed by atoms with Crippen molar-refractivity contribution in [3.8, 4) is 0 Å². The predicted molar refractivity (Wildman–Crippen MR) is 67.5 cm³/mol. The molecule has 0 aliphatic carbocycles. The maximum atomic E-state index is 12.9. The third-order valence-electron chi connectivity index (χ3n) is 2.45. The maximum absolute atomic E-state index is 12.9. The quantitative estimate of drug-likeness (QED) is 0.918. The van der Waals surface area contributed by atoms with Gasteiger partial charge in [0.25, 0.3) is 11.5 Å². The molecule has 0 spiro atoms. The summed E-state index contributed by atoms with van der Waals surface area (Å²) < 4.78 is 13.9. The number of aromatic nitrogens is 2. The lowest BCUT2D eigenvalue weighted by Gasteiger charge is -2.07. The SMILES string of the molecule is NC(=O)c1ccc(=O)n(Cc2ccc(F)cc2Cl)n1. The van der Waals surface area contributed by atoms with Crippen molar-refractivity contribution >= 4 is 17.5 Å². The lowest BCUT2D eigenvalue weighted by molar-refractivity contribution is 0.0993. The van der Waals surface area contributed by atoms with Gasteiger partial charge in [-0.2, -0.15) is 5.10 Å². The molecule has 0 atom stereocenters. The molecule has 2 aromatic rings. The van der Waals surface area contributed by atoms with Crippen LogP contribution in [0.15, 0.2) is 35.1 Å². The summed E-state index contributed by atoms with van der Waals surface area (Å²) >= 11 is 5.86. The molecule has 19 heavy (non-hydrogen) atoms. The van der Waals surface area contributed by atoms with Crippen molar-refractivity contribution in [2.75, 3.05) is 0 Å². The second-order valence-electron chi connectivity index (χ2n) is 3.81. The van der Waals surface area contributed by atoms with E-state index in [1.807, 2.05) is 0 Å². The Hall–Kier alpha value is -2.21. The molecule has 2 N–H and O–H groups in total. The first-order valence-electron chi connectivity index (χ1n) is 5.29. The Morgan fingerprint density at radius 1 is 1.37 bits per heavy atom. The van der Waals surface area contributed by atoms with E-state index in [0.717, 1.165) is 10.7 Å². The summed E-state index contributed by atoms with van der Waals surface area (Å²) in [6.45, 7) is 0.0269. The fourth-order valence-corrected chi connectivity index (χ4v) is 1.73. The van der Waals surface area contributed by atoms with Crippen molar-refractivity contribution in [1.82, 2.24) is 9.78 Å². The maximum Gasteiger partial charge on any atom is 0.269 e. The van der Waals surface area contributed by atoms with Gasteiger partial charge in [0.05, 0.1) is 6.54 Å². The minimum absolute atomic E-state index is 0.0269. The highest BCUT2D eigenvalue weighted by molar-refractivity contribution is 6.31. The van der Waals surface area contributed by atoms with E-state index in [9.17, 15) is 14.0 Å². The molecule has 1 aromatic carbocycles. The third kappa shape index (κ3) is 2.97. The van der Waals surface area contributed by atoms with Crippen LogP contribution in [0.5, 0.6) is 0 Å². The van der Waals surface area contributed by atoms with E-state index in [-0.39, 0.29) is 17.3 Å². The summed E-state index contributed by atoms with van der Waals surface area (Å²) in [5, 5.41) is 3.99. The van der Waals surface area contributed by atoms with E-state index >= 15 is 0 Å². The molecule has 5 nitrogen and oxygen atoms in total. The summed E-state index contributed by atoms with van der Waals surface area (Å²) in [5.41, 5.74) is 5.16. The van der Waals surface area contributed by atoms with Crippen LogP contribution in [0.3, 0.4) is 0 Å². The number of rotatable bonds is 3. The van der Waals surface area contributed by atoms with E-state index in [0.29, 0.717) is 5.56 Å². The second-order valence-corrected chi connectivity index (χ2v) is 4.22. The van der Waals surface area contributed by atoms with Crippen LogP contribution in [0, 0.1) is 5.82 Å². The second kappa shape index (κ2) is 5.19. The zero-order valence-electron chi connectivity index (χ0n) is 9.64. The topological polar surface area (TPSA) is 78.0 Å². The standard InChI is InChI=1S/C12H9ClFN3O2/c13-9-5-8(14)2-1-7(9)6-17-11(18)4-3-10(16-17)12(15)19/h1-5H,6H2,(H2,15,19). The summed E-state index contributed by atoms with van der Waals surface area (Å²) in [5.74, 6) is -1.21. The van der Waals surface area contributed by atoms with Crippen molar-refractivity contribution in [2.45, 2.75) is 6.54 Å². The minimum atomic E-state index is -0.737. The van der Waals surface area contributed by atoms with Crippen LogP contribution in [-0.4, -0.2) is 15.7 Å². The van der Waals surface area contributed by atoms with Crippen molar-refractivity contribution in [2.24, 2.45) is 5.73 Å². The molecule has 0 aliphatic heterocycles. The number of nitrogens with zero attached hydrogens (tertiary/aromatic N) is 2. The zero-order chi connectivity index (χ0) is 14.0. The molecule has 1 heterocycles. The molecule has 1 amide bonds. The van der Waals surface area contributed by atoms with Crippen molar-refractivity contribution in [1.29, 1.82) is 0 Å². The molecule has 0 unspecified atom stereocenters. The Balaban J connectivity index is 2.40.